The van der Waals surface area contributed by atoms with Crippen LogP contribution in [0.2, 0.25) is 5.04 Å². The molecule has 0 bridgehead atoms. The fourth-order valence-corrected chi connectivity index (χ4v) is 10.5. The van der Waals surface area contributed by atoms with Crippen molar-refractivity contribution in [1.82, 2.24) is 0 Å². The normalized spacial score (nSPS) is 15.1. The molecule has 40 heavy (non-hydrogen) atoms. The number of ether oxygens (including phenoxy) is 2. The molecule has 0 saturated heterocycles. The molecule has 1 unspecified atom stereocenters. The molecule has 0 saturated carbocycles. The van der Waals surface area contributed by atoms with E-state index < -0.39 is 20.3 Å². The second-order valence-electron chi connectivity index (χ2n) is 11.4. The highest BCUT2D eigenvalue weighted by atomic mass is 28.4. The summed E-state index contributed by atoms with van der Waals surface area (Å²) in [6.07, 6.45) is 2.41. The van der Waals surface area contributed by atoms with Crippen LogP contribution >= 0.6 is 0 Å². The number of carbonyl (C=O) groups is 3. The third-order valence-electron chi connectivity index (χ3n) is 7.71. The number of Topliss-reactive ketones (excluding diaryl/α,β-unsaturated/α-hetero) is 1. The zero-order valence-electron chi connectivity index (χ0n) is 24.8. The lowest BCUT2D eigenvalue weighted by Gasteiger charge is -2.44. The maximum Gasteiger partial charge on any atom is 0.334 e. The largest absolute Gasteiger partial charge is 0.466 e. The first-order valence-corrected chi connectivity index (χ1v) is 15.8. The van der Waals surface area contributed by atoms with Crippen molar-refractivity contribution in [3.8, 4) is 0 Å². The highest BCUT2D eigenvalue weighted by Crippen LogP contribution is 2.39. The number of esters is 2. The lowest BCUT2D eigenvalue weighted by atomic mass is 9.82. The van der Waals surface area contributed by atoms with Gasteiger partial charge in [-0.2, -0.15) is 0 Å². The molecular formula is C33H42O6Si. The molecule has 1 aliphatic carbocycles. The first-order valence-electron chi connectivity index (χ1n) is 13.9. The molecule has 0 N–H and O–H groups in total. The van der Waals surface area contributed by atoms with Gasteiger partial charge in [-0.25, -0.2) is 9.59 Å². The molecule has 1 atom stereocenters. The third-order valence-corrected chi connectivity index (χ3v) is 12.9. The Kier molecular flexibility index (Phi) is 10.4. The Balaban J connectivity index is 1.85. The smallest absolute Gasteiger partial charge is 0.334 e. The second kappa shape index (κ2) is 13.4. The van der Waals surface area contributed by atoms with E-state index in [2.05, 4.69) is 76.2 Å². The van der Waals surface area contributed by atoms with Crippen LogP contribution < -0.4 is 10.4 Å². The van der Waals surface area contributed by atoms with Gasteiger partial charge in [-0.1, -0.05) is 87.0 Å². The van der Waals surface area contributed by atoms with Crippen molar-refractivity contribution in [2.75, 3.05) is 14.2 Å². The maximum atomic E-state index is 12.6. The molecule has 6 nitrogen and oxygen atoms in total. The standard InChI is InChI=1S/C33H42O6Si/c1-23(39-40(33(3,4)5,26-17-10-8-11-18-26)27-19-12-9-13-20-27)15-14-16-25-21-29(31(35)37-6)30(32(36)38-7)22-28(25)24(2)34/h8-13,17-20,23H,14-16,21-22H2,1-7H3. The van der Waals surface area contributed by atoms with Gasteiger partial charge >= 0.3 is 11.9 Å². The fraction of sp³-hybridized carbons (Fsp3) is 0.424. The van der Waals surface area contributed by atoms with Crippen LogP contribution in [0, 0.1) is 0 Å². The van der Waals surface area contributed by atoms with E-state index in [1.165, 1.54) is 31.5 Å². The Morgan fingerprint density at radius 2 is 1.27 bits per heavy atom. The fourth-order valence-electron chi connectivity index (χ4n) is 5.74. The zero-order valence-corrected chi connectivity index (χ0v) is 25.8. The van der Waals surface area contributed by atoms with Gasteiger partial charge in [0.05, 0.1) is 25.4 Å². The molecule has 7 heteroatoms. The number of benzene rings is 2. The quantitative estimate of drug-likeness (QED) is 0.268. The van der Waals surface area contributed by atoms with Crippen LogP contribution in [-0.4, -0.2) is 46.4 Å². The molecule has 0 amide bonds. The number of methoxy groups -OCH3 is 2. The van der Waals surface area contributed by atoms with Gasteiger partial charge in [0.25, 0.3) is 8.32 Å². The van der Waals surface area contributed by atoms with Crippen LogP contribution in [0.15, 0.2) is 83.0 Å². The lowest BCUT2D eigenvalue weighted by molar-refractivity contribution is -0.139. The van der Waals surface area contributed by atoms with Crippen molar-refractivity contribution >= 4 is 36.4 Å². The Bertz CT molecular complexity index is 1230. The van der Waals surface area contributed by atoms with Crippen LogP contribution in [-0.2, 0) is 28.3 Å². The van der Waals surface area contributed by atoms with Gasteiger partial charge < -0.3 is 13.9 Å². The summed E-state index contributed by atoms with van der Waals surface area (Å²) in [6, 6.07) is 21.1. The van der Waals surface area contributed by atoms with E-state index in [0.717, 1.165) is 18.4 Å². The van der Waals surface area contributed by atoms with Gasteiger partial charge in [-0.3, -0.25) is 4.79 Å². The Labute approximate surface area is 239 Å². The Morgan fingerprint density at radius 3 is 1.70 bits per heavy atom. The molecule has 0 aromatic heterocycles. The lowest BCUT2D eigenvalue weighted by Crippen LogP contribution is -2.67. The van der Waals surface area contributed by atoms with Gasteiger partial charge in [-0.05, 0) is 54.1 Å². The van der Waals surface area contributed by atoms with Gasteiger partial charge in [0, 0.05) is 18.9 Å². The Morgan fingerprint density at radius 1 is 0.800 bits per heavy atom. The summed E-state index contributed by atoms with van der Waals surface area (Å²) in [5.74, 6) is -1.27. The zero-order chi connectivity index (χ0) is 29.5. The predicted molar refractivity (Wildman–Crippen MR) is 160 cm³/mol. The van der Waals surface area contributed by atoms with E-state index in [-0.39, 0.29) is 40.9 Å². The molecule has 0 radical (unpaired) electrons. The molecular weight excluding hydrogens is 520 g/mol. The number of ketones is 1. The van der Waals surface area contributed by atoms with Crippen LogP contribution in [0.4, 0.5) is 0 Å². The van der Waals surface area contributed by atoms with Crippen molar-refractivity contribution in [1.29, 1.82) is 0 Å². The van der Waals surface area contributed by atoms with Gasteiger partial charge in [0.2, 0.25) is 0 Å². The summed E-state index contributed by atoms with van der Waals surface area (Å²) in [5, 5.41) is 2.34. The third kappa shape index (κ3) is 6.70. The minimum atomic E-state index is -2.68. The molecule has 2 aromatic rings. The number of hydrogen-bond donors (Lipinski definition) is 0. The molecule has 3 rings (SSSR count). The molecule has 0 spiro atoms. The van der Waals surface area contributed by atoms with Crippen LogP contribution in [0.1, 0.15) is 66.7 Å². The van der Waals surface area contributed by atoms with Crippen molar-refractivity contribution in [2.24, 2.45) is 0 Å². The van der Waals surface area contributed by atoms with E-state index in [1.807, 2.05) is 12.1 Å². The highest BCUT2D eigenvalue weighted by Gasteiger charge is 2.50. The molecule has 0 heterocycles. The highest BCUT2D eigenvalue weighted by molar-refractivity contribution is 6.99. The first-order chi connectivity index (χ1) is 19.0. The average molecular weight is 563 g/mol. The van der Waals surface area contributed by atoms with Gasteiger partial charge in [-0.15, -0.1) is 0 Å². The Hall–Kier alpha value is -3.29. The van der Waals surface area contributed by atoms with Gasteiger partial charge in [0.1, 0.15) is 0 Å². The van der Waals surface area contributed by atoms with E-state index in [9.17, 15) is 14.4 Å². The summed E-state index contributed by atoms with van der Waals surface area (Å²) in [7, 11) is -0.119. The molecule has 0 fully saturated rings. The van der Waals surface area contributed by atoms with E-state index in [0.29, 0.717) is 12.0 Å². The minimum absolute atomic E-state index is 0.0440. The molecule has 1 aliphatic rings. The van der Waals surface area contributed by atoms with E-state index >= 15 is 0 Å². The van der Waals surface area contributed by atoms with Crippen molar-refractivity contribution < 1.29 is 28.3 Å². The topological polar surface area (TPSA) is 78.9 Å². The summed E-state index contributed by atoms with van der Waals surface area (Å²) in [5.41, 5.74) is 1.92. The summed E-state index contributed by atoms with van der Waals surface area (Å²) in [6.45, 7) is 10.4. The monoisotopic (exact) mass is 562 g/mol. The predicted octanol–water partition coefficient (Wildman–Crippen LogP) is 5.44. The second-order valence-corrected chi connectivity index (χ2v) is 15.7. The van der Waals surface area contributed by atoms with Crippen molar-refractivity contribution in [2.45, 2.75) is 77.9 Å². The van der Waals surface area contributed by atoms with E-state index in [4.69, 9.17) is 13.9 Å². The molecule has 0 aliphatic heterocycles. The summed E-state index contributed by atoms with van der Waals surface area (Å²) in [4.78, 5) is 37.5. The van der Waals surface area contributed by atoms with Crippen molar-refractivity contribution in [3.63, 3.8) is 0 Å². The first kappa shape index (κ1) is 31.2. The van der Waals surface area contributed by atoms with Crippen LogP contribution in [0.25, 0.3) is 0 Å². The van der Waals surface area contributed by atoms with Crippen LogP contribution in [0.5, 0.6) is 0 Å². The number of carbonyl (C=O) groups excluding carboxylic acids is 3. The average Bonchev–Trinajstić information content (AvgIpc) is 2.94. The molecule has 2 aromatic carbocycles. The number of rotatable bonds is 11. The summed E-state index contributed by atoms with van der Waals surface area (Å²) >= 11 is 0. The molecule has 214 valence electrons. The maximum absolute atomic E-state index is 12.6. The van der Waals surface area contributed by atoms with Crippen LogP contribution in [0.3, 0.4) is 0 Å². The van der Waals surface area contributed by atoms with Gasteiger partial charge in [0.15, 0.2) is 5.78 Å². The number of allylic oxidation sites excluding steroid dienone is 2. The van der Waals surface area contributed by atoms with E-state index in [1.54, 1.807) is 0 Å². The number of hydrogen-bond acceptors (Lipinski definition) is 6. The minimum Gasteiger partial charge on any atom is -0.466 e. The van der Waals surface area contributed by atoms with Crippen molar-refractivity contribution in [3.05, 3.63) is 83.0 Å². The summed E-state index contributed by atoms with van der Waals surface area (Å²) < 4.78 is 17.0. The SMILES string of the molecule is COC(=O)C1=C(C(=O)OC)CC(C(C)=O)=C(CCCC(C)O[Si](c2ccccc2)(c2ccccc2)C(C)(C)C)C1.